The fourth-order valence-electron chi connectivity index (χ4n) is 0.714. The van der Waals surface area contributed by atoms with Crippen LogP contribution < -0.4 is 5.32 Å². The first-order valence-corrected chi connectivity index (χ1v) is 3.43. The predicted octanol–water partition coefficient (Wildman–Crippen LogP) is 0.547. The van der Waals surface area contributed by atoms with Crippen LogP contribution >= 0.6 is 0 Å². The summed E-state index contributed by atoms with van der Waals surface area (Å²) < 4.78 is 4.84. The average Bonchev–Trinajstić information content (AvgIpc) is 1.82. The van der Waals surface area contributed by atoms with Gasteiger partial charge in [0.2, 0.25) is 5.91 Å². The molecule has 0 heterocycles. The highest BCUT2D eigenvalue weighted by Gasteiger charge is 2.00. The number of carbonyl (C=O) groups is 1. The first-order chi connectivity index (χ1) is 4.66. The van der Waals surface area contributed by atoms with Crippen LogP contribution in [0.25, 0.3) is 0 Å². The van der Waals surface area contributed by atoms with Gasteiger partial charge in [-0.05, 0) is 13.3 Å². The Kier molecular flexibility index (Phi) is 4.94. The number of methoxy groups -OCH3 is 1. The number of hydrogen-bond acceptors (Lipinski definition) is 2. The van der Waals surface area contributed by atoms with Gasteiger partial charge < -0.3 is 10.1 Å². The predicted molar refractivity (Wildman–Crippen MR) is 39.8 cm³/mol. The Labute approximate surface area is 61.8 Å². The van der Waals surface area contributed by atoms with E-state index < -0.39 is 0 Å². The quantitative estimate of drug-likeness (QED) is 0.627. The van der Waals surface area contributed by atoms with Crippen molar-refractivity contribution in [3.63, 3.8) is 0 Å². The summed E-state index contributed by atoms with van der Waals surface area (Å²) in [7, 11) is 1.65. The zero-order valence-electron chi connectivity index (χ0n) is 6.81. The molecule has 10 heavy (non-hydrogen) atoms. The highest BCUT2D eigenvalue weighted by atomic mass is 16.5. The Hall–Kier alpha value is -0.570. The summed E-state index contributed by atoms with van der Waals surface area (Å²) in [4.78, 5) is 10.5. The fourth-order valence-corrected chi connectivity index (χ4v) is 0.714. The van der Waals surface area contributed by atoms with Crippen LogP contribution in [0.5, 0.6) is 0 Å². The van der Waals surface area contributed by atoms with E-state index in [0.29, 0.717) is 6.61 Å². The van der Waals surface area contributed by atoms with Gasteiger partial charge in [0.25, 0.3) is 0 Å². The number of rotatable bonds is 4. The van der Waals surface area contributed by atoms with Crippen molar-refractivity contribution < 1.29 is 9.53 Å². The number of amides is 1. The number of nitrogens with one attached hydrogen (secondary N) is 1. The first-order valence-electron chi connectivity index (χ1n) is 3.43. The third-order valence-electron chi connectivity index (χ3n) is 1.20. The molecule has 0 aliphatic rings. The van der Waals surface area contributed by atoms with E-state index in [2.05, 4.69) is 5.32 Å². The zero-order valence-corrected chi connectivity index (χ0v) is 6.81. The molecule has 1 atom stereocenters. The van der Waals surface area contributed by atoms with E-state index >= 15 is 0 Å². The van der Waals surface area contributed by atoms with E-state index in [1.54, 1.807) is 7.11 Å². The molecule has 0 bridgehead atoms. The monoisotopic (exact) mass is 145 g/mol. The molecule has 0 spiro atoms. The topological polar surface area (TPSA) is 38.3 Å². The summed E-state index contributed by atoms with van der Waals surface area (Å²) in [5, 5.41) is 2.76. The molecule has 0 fully saturated rings. The Bertz CT molecular complexity index is 104. The molecule has 3 heteroatoms. The van der Waals surface area contributed by atoms with E-state index in [1.165, 1.54) is 6.92 Å². The van der Waals surface area contributed by atoms with Gasteiger partial charge >= 0.3 is 0 Å². The molecule has 0 aromatic carbocycles. The van der Waals surface area contributed by atoms with Crippen molar-refractivity contribution in [2.45, 2.75) is 26.3 Å². The maximum Gasteiger partial charge on any atom is 0.217 e. The summed E-state index contributed by atoms with van der Waals surface area (Å²) in [6, 6.07) is 0.220. The van der Waals surface area contributed by atoms with E-state index in [9.17, 15) is 4.79 Å². The minimum absolute atomic E-state index is 0.0172. The van der Waals surface area contributed by atoms with Gasteiger partial charge in [0.1, 0.15) is 0 Å². The molecular weight excluding hydrogens is 130 g/mol. The lowest BCUT2D eigenvalue weighted by Gasteiger charge is -2.10. The number of hydrogen-bond donors (Lipinski definition) is 1. The molecule has 0 saturated heterocycles. The summed E-state index contributed by atoms with van der Waals surface area (Å²) >= 11 is 0. The van der Waals surface area contributed by atoms with Crippen LogP contribution in [0.4, 0.5) is 0 Å². The summed E-state index contributed by atoms with van der Waals surface area (Å²) in [5.74, 6) is 0.0172. The van der Waals surface area contributed by atoms with Crippen molar-refractivity contribution in [1.82, 2.24) is 5.32 Å². The molecule has 0 saturated carbocycles. The van der Waals surface area contributed by atoms with Crippen molar-refractivity contribution in [3.8, 4) is 0 Å². The van der Waals surface area contributed by atoms with E-state index in [1.807, 2.05) is 6.92 Å². The van der Waals surface area contributed by atoms with Gasteiger partial charge in [-0.1, -0.05) is 0 Å². The van der Waals surface area contributed by atoms with Gasteiger partial charge in [-0.15, -0.1) is 0 Å². The summed E-state index contributed by atoms with van der Waals surface area (Å²) in [6.45, 7) is 4.17. The van der Waals surface area contributed by atoms with Crippen LogP contribution in [-0.4, -0.2) is 25.7 Å². The van der Waals surface area contributed by atoms with Gasteiger partial charge in [-0.25, -0.2) is 0 Å². The van der Waals surface area contributed by atoms with Gasteiger partial charge in [0, 0.05) is 26.7 Å². The molecule has 60 valence electrons. The lowest BCUT2D eigenvalue weighted by atomic mass is 10.2. The standard InChI is InChI=1S/C7H15NO2/c1-6(4-5-10-3)8-7(2)9/h6H,4-5H2,1-3H3,(H,8,9). The number of carbonyl (C=O) groups excluding carboxylic acids is 1. The van der Waals surface area contributed by atoms with Crippen molar-refractivity contribution in [2.75, 3.05) is 13.7 Å². The van der Waals surface area contributed by atoms with Crippen molar-refractivity contribution in [1.29, 1.82) is 0 Å². The Morgan fingerprint density at radius 1 is 1.70 bits per heavy atom. The van der Waals surface area contributed by atoms with Crippen LogP contribution in [0.3, 0.4) is 0 Å². The fraction of sp³-hybridized carbons (Fsp3) is 0.857. The van der Waals surface area contributed by atoms with Crippen LogP contribution in [0.2, 0.25) is 0 Å². The lowest BCUT2D eigenvalue weighted by molar-refractivity contribution is -0.119. The zero-order chi connectivity index (χ0) is 7.98. The van der Waals surface area contributed by atoms with Crippen LogP contribution in [-0.2, 0) is 9.53 Å². The smallest absolute Gasteiger partial charge is 0.217 e. The maximum absolute atomic E-state index is 10.5. The molecule has 0 aromatic heterocycles. The molecule has 0 aliphatic carbocycles. The highest BCUT2D eigenvalue weighted by Crippen LogP contribution is 1.89. The van der Waals surface area contributed by atoms with E-state index in [0.717, 1.165) is 6.42 Å². The van der Waals surface area contributed by atoms with E-state index in [4.69, 9.17) is 4.74 Å². The second-order valence-corrected chi connectivity index (χ2v) is 2.38. The molecular formula is C7H15NO2. The molecule has 1 amide bonds. The molecule has 0 rings (SSSR count). The molecule has 0 aromatic rings. The van der Waals surface area contributed by atoms with Crippen molar-refractivity contribution in [2.24, 2.45) is 0 Å². The average molecular weight is 145 g/mol. The highest BCUT2D eigenvalue weighted by molar-refractivity contribution is 5.73. The normalized spacial score (nSPS) is 12.7. The van der Waals surface area contributed by atoms with Crippen LogP contribution in [0.1, 0.15) is 20.3 Å². The summed E-state index contributed by atoms with van der Waals surface area (Å²) in [5.41, 5.74) is 0. The largest absolute Gasteiger partial charge is 0.385 e. The van der Waals surface area contributed by atoms with Crippen molar-refractivity contribution in [3.05, 3.63) is 0 Å². The molecule has 1 unspecified atom stereocenters. The third-order valence-corrected chi connectivity index (χ3v) is 1.20. The first kappa shape index (κ1) is 9.43. The SMILES string of the molecule is COCCC(C)NC(C)=O. The Morgan fingerprint density at radius 3 is 2.70 bits per heavy atom. The second kappa shape index (κ2) is 5.23. The Morgan fingerprint density at radius 2 is 2.30 bits per heavy atom. The number of ether oxygens (including phenoxy) is 1. The van der Waals surface area contributed by atoms with Crippen molar-refractivity contribution >= 4 is 5.91 Å². The van der Waals surface area contributed by atoms with Crippen LogP contribution in [0.15, 0.2) is 0 Å². The van der Waals surface area contributed by atoms with Crippen LogP contribution in [0, 0.1) is 0 Å². The second-order valence-electron chi connectivity index (χ2n) is 2.38. The summed E-state index contributed by atoms with van der Waals surface area (Å²) in [6.07, 6.45) is 0.871. The van der Waals surface area contributed by atoms with E-state index in [-0.39, 0.29) is 11.9 Å². The maximum atomic E-state index is 10.5. The molecule has 0 radical (unpaired) electrons. The van der Waals surface area contributed by atoms with Gasteiger partial charge in [0.05, 0.1) is 0 Å². The Balaban J connectivity index is 3.25. The minimum Gasteiger partial charge on any atom is -0.385 e. The molecule has 1 N–H and O–H groups in total. The van der Waals surface area contributed by atoms with Gasteiger partial charge in [-0.2, -0.15) is 0 Å². The lowest BCUT2D eigenvalue weighted by Crippen LogP contribution is -2.31. The van der Waals surface area contributed by atoms with Gasteiger partial charge in [-0.3, -0.25) is 4.79 Å². The molecule has 0 aliphatic heterocycles. The minimum atomic E-state index is 0.0172. The third kappa shape index (κ3) is 5.56. The molecule has 3 nitrogen and oxygen atoms in total. The van der Waals surface area contributed by atoms with Gasteiger partial charge in [0.15, 0.2) is 0 Å².